The minimum atomic E-state index is -4.13. The van der Waals surface area contributed by atoms with Crippen LogP contribution in [0.3, 0.4) is 0 Å². The third-order valence-electron chi connectivity index (χ3n) is 3.42. The molecular formula is C12H23NO5S. The number of rotatable bonds is 8. The summed E-state index contributed by atoms with van der Waals surface area (Å²) in [4.78, 5) is 13.7. The monoisotopic (exact) mass is 293 g/mol. The lowest BCUT2D eigenvalue weighted by atomic mass is 9.94. The molecule has 2 atom stereocenters. The van der Waals surface area contributed by atoms with Crippen molar-refractivity contribution in [1.29, 1.82) is 0 Å². The second kappa shape index (κ2) is 7.02. The molecule has 19 heavy (non-hydrogen) atoms. The standard InChI is InChI=1S/C12H23NO5S/c1-6-7-10(2)13(4)12(3,11(14)18-5)8-9-19(15,16)17/h6,10H,1,7-9H2,2-5H3,(H,15,16,17). The Morgan fingerprint density at radius 2 is 2.11 bits per heavy atom. The Kier molecular flexibility index (Phi) is 6.68. The first-order chi connectivity index (χ1) is 8.58. The number of carbonyl (C=O) groups is 1. The van der Waals surface area contributed by atoms with E-state index in [0.717, 1.165) is 0 Å². The zero-order valence-electron chi connectivity index (χ0n) is 11.9. The maximum atomic E-state index is 11.9. The molecule has 0 aromatic rings. The van der Waals surface area contributed by atoms with E-state index in [1.54, 1.807) is 24.9 Å². The molecule has 0 fully saturated rings. The quantitative estimate of drug-likeness (QED) is 0.410. The summed E-state index contributed by atoms with van der Waals surface area (Å²) in [6.45, 7) is 7.14. The lowest BCUT2D eigenvalue weighted by molar-refractivity contribution is -0.155. The number of hydrogen-bond donors (Lipinski definition) is 1. The number of esters is 1. The molecule has 6 nitrogen and oxygen atoms in total. The van der Waals surface area contributed by atoms with Gasteiger partial charge in [-0.2, -0.15) is 8.42 Å². The van der Waals surface area contributed by atoms with Gasteiger partial charge in [0.1, 0.15) is 5.54 Å². The Morgan fingerprint density at radius 3 is 2.47 bits per heavy atom. The summed E-state index contributed by atoms with van der Waals surface area (Å²) < 4.78 is 35.3. The van der Waals surface area contributed by atoms with E-state index in [1.807, 2.05) is 6.92 Å². The molecule has 0 aliphatic carbocycles. The first-order valence-corrected chi connectivity index (χ1v) is 7.56. The summed E-state index contributed by atoms with van der Waals surface area (Å²) in [5, 5.41) is 0. The van der Waals surface area contributed by atoms with E-state index in [1.165, 1.54) is 7.11 Å². The van der Waals surface area contributed by atoms with Crippen molar-refractivity contribution in [3.8, 4) is 0 Å². The Labute approximate surface area is 115 Å². The van der Waals surface area contributed by atoms with Crippen LogP contribution in [0.2, 0.25) is 0 Å². The van der Waals surface area contributed by atoms with E-state index in [4.69, 9.17) is 9.29 Å². The summed E-state index contributed by atoms with van der Waals surface area (Å²) in [7, 11) is -1.16. The first kappa shape index (κ1) is 18.1. The largest absolute Gasteiger partial charge is 0.468 e. The van der Waals surface area contributed by atoms with Crippen LogP contribution in [0.1, 0.15) is 26.7 Å². The Bertz CT molecular complexity index is 420. The average molecular weight is 293 g/mol. The molecule has 0 saturated carbocycles. The number of ether oxygens (including phenoxy) is 1. The molecule has 0 heterocycles. The summed E-state index contributed by atoms with van der Waals surface area (Å²) in [5.74, 6) is -1.03. The lowest BCUT2D eigenvalue weighted by Crippen LogP contribution is -2.55. The number of carbonyl (C=O) groups excluding carboxylic acids is 1. The maximum Gasteiger partial charge on any atom is 0.326 e. The Morgan fingerprint density at radius 1 is 1.58 bits per heavy atom. The smallest absolute Gasteiger partial charge is 0.326 e. The highest BCUT2D eigenvalue weighted by atomic mass is 32.2. The lowest BCUT2D eigenvalue weighted by Gasteiger charge is -2.39. The molecule has 0 radical (unpaired) electrons. The SMILES string of the molecule is C=CCC(C)N(C)C(C)(CCS(=O)(=O)O)C(=O)OC. The van der Waals surface area contributed by atoms with E-state index in [2.05, 4.69) is 6.58 Å². The van der Waals surface area contributed by atoms with Crippen LogP contribution in [-0.2, 0) is 19.6 Å². The van der Waals surface area contributed by atoms with E-state index in [9.17, 15) is 13.2 Å². The van der Waals surface area contributed by atoms with Crippen LogP contribution in [-0.4, -0.2) is 55.3 Å². The van der Waals surface area contributed by atoms with Crippen LogP contribution in [0.25, 0.3) is 0 Å². The summed E-state index contributed by atoms with van der Waals surface area (Å²) in [6, 6.07) is -0.0111. The molecule has 112 valence electrons. The van der Waals surface area contributed by atoms with Crippen molar-refractivity contribution in [2.45, 2.75) is 38.3 Å². The predicted molar refractivity (Wildman–Crippen MR) is 73.5 cm³/mol. The fraction of sp³-hybridized carbons (Fsp3) is 0.750. The van der Waals surface area contributed by atoms with Crippen LogP contribution in [0.15, 0.2) is 12.7 Å². The van der Waals surface area contributed by atoms with E-state index in [0.29, 0.717) is 6.42 Å². The molecule has 0 spiro atoms. The molecular weight excluding hydrogens is 270 g/mol. The zero-order chi connectivity index (χ0) is 15.3. The molecule has 0 amide bonds. The Hall–Kier alpha value is -0.920. The van der Waals surface area contributed by atoms with Gasteiger partial charge in [0, 0.05) is 6.04 Å². The van der Waals surface area contributed by atoms with Crippen LogP contribution in [0.4, 0.5) is 0 Å². The third-order valence-corrected chi connectivity index (χ3v) is 4.14. The van der Waals surface area contributed by atoms with Crippen molar-refractivity contribution < 1.29 is 22.5 Å². The summed E-state index contributed by atoms with van der Waals surface area (Å²) >= 11 is 0. The van der Waals surface area contributed by atoms with Crippen molar-refractivity contribution in [2.24, 2.45) is 0 Å². The van der Waals surface area contributed by atoms with Gasteiger partial charge in [-0.05, 0) is 33.7 Å². The highest BCUT2D eigenvalue weighted by Gasteiger charge is 2.41. The third kappa shape index (κ3) is 5.30. The van der Waals surface area contributed by atoms with Crippen molar-refractivity contribution in [2.75, 3.05) is 19.9 Å². The minimum absolute atomic E-state index is 0.0111. The number of nitrogens with zero attached hydrogens (tertiary/aromatic N) is 1. The van der Waals surface area contributed by atoms with Crippen molar-refractivity contribution in [3.63, 3.8) is 0 Å². The maximum absolute atomic E-state index is 11.9. The molecule has 0 rings (SSSR count). The highest BCUT2D eigenvalue weighted by molar-refractivity contribution is 7.85. The molecule has 0 aliphatic rings. The van der Waals surface area contributed by atoms with E-state index < -0.39 is 27.4 Å². The van der Waals surface area contributed by atoms with Crippen molar-refractivity contribution in [1.82, 2.24) is 4.90 Å². The molecule has 0 aromatic heterocycles. The van der Waals surface area contributed by atoms with Gasteiger partial charge in [-0.15, -0.1) is 6.58 Å². The van der Waals surface area contributed by atoms with Crippen LogP contribution >= 0.6 is 0 Å². The highest BCUT2D eigenvalue weighted by Crippen LogP contribution is 2.24. The molecule has 1 N–H and O–H groups in total. The van der Waals surface area contributed by atoms with E-state index in [-0.39, 0.29) is 12.5 Å². The van der Waals surface area contributed by atoms with Crippen LogP contribution < -0.4 is 0 Å². The van der Waals surface area contributed by atoms with Crippen molar-refractivity contribution in [3.05, 3.63) is 12.7 Å². The normalized spacial score (nSPS) is 16.7. The molecule has 0 aliphatic heterocycles. The zero-order valence-corrected chi connectivity index (χ0v) is 12.7. The van der Waals surface area contributed by atoms with Gasteiger partial charge in [0.25, 0.3) is 10.1 Å². The van der Waals surface area contributed by atoms with Crippen LogP contribution in [0, 0.1) is 0 Å². The molecule has 2 unspecified atom stereocenters. The molecule has 0 bridgehead atoms. The van der Waals surface area contributed by atoms with E-state index >= 15 is 0 Å². The number of likely N-dealkylation sites (N-methyl/N-ethyl adjacent to an activating group) is 1. The predicted octanol–water partition coefficient (Wildman–Crippen LogP) is 1.09. The van der Waals surface area contributed by atoms with Gasteiger partial charge in [0.05, 0.1) is 12.9 Å². The topological polar surface area (TPSA) is 83.9 Å². The van der Waals surface area contributed by atoms with Gasteiger partial charge >= 0.3 is 5.97 Å². The summed E-state index contributed by atoms with van der Waals surface area (Å²) in [5.41, 5.74) is -1.12. The molecule has 0 saturated heterocycles. The van der Waals surface area contributed by atoms with Gasteiger partial charge < -0.3 is 4.74 Å². The van der Waals surface area contributed by atoms with Crippen LogP contribution in [0.5, 0.6) is 0 Å². The Balaban J connectivity index is 5.16. The average Bonchev–Trinajstić information content (AvgIpc) is 2.33. The fourth-order valence-electron chi connectivity index (χ4n) is 1.86. The minimum Gasteiger partial charge on any atom is -0.468 e. The second-order valence-electron chi connectivity index (χ2n) is 4.79. The second-order valence-corrected chi connectivity index (χ2v) is 6.36. The number of hydrogen-bond acceptors (Lipinski definition) is 5. The molecule has 7 heteroatoms. The van der Waals surface area contributed by atoms with Gasteiger partial charge in [0.15, 0.2) is 0 Å². The van der Waals surface area contributed by atoms with Gasteiger partial charge in [-0.1, -0.05) is 6.08 Å². The first-order valence-electron chi connectivity index (χ1n) is 5.96. The van der Waals surface area contributed by atoms with Gasteiger partial charge in [0.2, 0.25) is 0 Å². The van der Waals surface area contributed by atoms with Crippen molar-refractivity contribution >= 4 is 16.1 Å². The van der Waals surface area contributed by atoms with Gasteiger partial charge in [-0.25, -0.2) is 0 Å². The van der Waals surface area contributed by atoms with Gasteiger partial charge in [-0.3, -0.25) is 14.2 Å². The molecule has 0 aromatic carbocycles. The number of methoxy groups -OCH3 is 1. The fourth-order valence-corrected chi connectivity index (χ4v) is 2.51. The summed E-state index contributed by atoms with van der Waals surface area (Å²) in [6.07, 6.45) is 2.33.